The van der Waals surface area contributed by atoms with Gasteiger partial charge in [-0.1, -0.05) is 23.2 Å². The minimum atomic E-state index is -0.0583. The van der Waals surface area contributed by atoms with Gasteiger partial charge in [-0.15, -0.1) is 0 Å². The lowest BCUT2D eigenvalue weighted by molar-refractivity contribution is 0.0400. The molecule has 0 N–H and O–H groups in total. The van der Waals surface area contributed by atoms with Gasteiger partial charge in [0.1, 0.15) is 16.4 Å². The van der Waals surface area contributed by atoms with Crippen molar-refractivity contribution in [2.75, 3.05) is 6.61 Å². The fraction of sp³-hybridized carbons (Fsp3) is 0.600. The van der Waals surface area contributed by atoms with Crippen LogP contribution in [0.1, 0.15) is 31.7 Å². The molecule has 0 amide bonds. The molecule has 0 aliphatic heterocycles. The average Bonchev–Trinajstić information content (AvgIpc) is 3.05. The van der Waals surface area contributed by atoms with Crippen molar-refractivity contribution in [1.82, 2.24) is 9.97 Å². The molecule has 1 atom stereocenters. The van der Waals surface area contributed by atoms with E-state index in [1.54, 1.807) is 0 Å². The summed E-state index contributed by atoms with van der Waals surface area (Å²) >= 11 is 14.0. The van der Waals surface area contributed by atoms with E-state index in [1.165, 1.54) is 0 Å². The predicted octanol–water partition coefficient (Wildman–Crippen LogP) is 3.88. The molecule has 1 aliphatic carbocycles. The molecular formula is C10H11Cl2IN2O. The zero-order valence-electron chi connectivity index (χ0n) is 8.71. The molecule has 1 fully saturated rings. The summed E-state index contributed by atoms with van der Waals surface area (Å²) in [5.74, 6) is 1.13. The molecular weight excluding hydrogens is 362 g/mol. The van der Waals surface area contributed by atoms with E-state index in [9.17, 15) is 0 Å². The third-order valence-electron chi connectivity index (χ3n) is 2.44. The monoisotopic (exact) mass is 372 g/mol. The predicted molar refractivity (Wildman–Crippen MR) is 71.9 cm³/mol. The third-order valence-corrected chi connectivity index (χ3v) is 4.65. The van der Waals surface area contributed by atoms with Gasteiger partial charge in [0.25, 0.3) is 0 Å². The van der Waals surface area contributed by atoms with Crippen LogP contribution in [-0.2, 0) is 4.74 Å². The van der Waals surface area contributed by atoms with Crippen molar-refractivity contribution in [3.63, 3.8) is 0 Å². The third kappa shape index (κ3) is 2.78. The van der Waals surface area contributed by atoms with Crippen LogP contribution in [0.5, 0.6) is 0 Å². The molecule has 1 unspecified atom stereocenters. The molecule has 0 spiro atoms. The summed E-state index contributed by atoms with van der Waals surface area (Å²) in [6, 6.07) is 0. The molecule has 1 aromatic heterocycles. The Morgan fingerprint density at radius 1 is 1.38 bits per heavy atom. The van der Waals surface area contributed by atoms with Gasteiger partial charge < -0.3 is 4.74 Å². The number of nitrogens with zero attached hydrogens (tertiary/aromatic N) is 2. The Morgan fingerprint density at radius 2 is 1.94 bits per heavy atom. The molecule has 3 nitrogen and oxygen atoms in total. The fourth-order valence-electron chi connectivity index (χ4n) is 1.54. The van der Waals surface area contributed by atoms with Crippen LogP contribution >= 0.6 is 45.8 Å². The van der Waals surface area contributed by atoms with Crippen molar-refractivity contribution in [2.45, 2.75) is 25.9 Å². The van der Waals surface area contributed by atoms with E-state index in [4.69, 9.17) is 27.9 Å². The van der Waals surface area contributed by atoms with Crippen molar-refractivity contribution in [1.29, 1.82) is 0 Å². The van der Waals surface area contributed by atoms with E-state index in [0.717, 1.165) is 12.8 Å². The Bertz CT molecular complexity index is 375. The summed E-state index contributed by atoms with van der Waals surface area (Å²) in [4.78, 5) is 8.50. The van der Waals surface area contributed by atoms with Gasteiger partial charge in [-0.3, -0.25) is 0 Å². The van der Waals surface area contributed by atoms with Crippen LogP contribution in [0.25, 0.3) is 0 Å². The van der Waals surface area contributed by atoms with Crippen molar-refractivity contribution >= 4 is 45.8 Å². The SMILES string of the molecule is CCOC(c1nc(Cl)c(I)c(Cl)n1)C1CC1. The first-order chi connectivity index (χ1) is 7.63. The molecule has 1 aromatic rings. The Balaban J connectivity index is 2.30. The topological polar surface area (TPSA) is 35.0 Å². The molecule has 0 bridgehead atoms. The summed E-state index contributed by atoms with van der Waals surface area (Å²) in [6.45, 7) is 2.61. The first kappa shape index (κ1) is 12.8. The quantitative estimate of drug-likeness (QED) is 0.594. The van der Waals surface area contributed by atoms with E-state index in [2.05, 4.69) is 9.97 Å². The van der Waals surface area contributed by atoms with Gasteiger partial charge in [-0.2, -0.15) is 0 Å². The molecule has 0 aromatic carbocycles. The highest BCUT2D eigenvalue weighted by molar-refractivity contribution is 14.1. The summed E-state index contributed by atoms with van der Waals surface area (Å²) in [5, 5.41) is 0.807. The summed E-state index contributed by atoms with van der Waals surface area (Å²) in [5.41, 5.74) is 0. The van der Waals surface area contributed by atoms with Crippen LogP contribution < -0.4 is 0 Å². The van der Waals surface area contributed by atoms with Gasteiger partial charge in [-0.25, -0.2) is 9.97 Å². The fourth-order valence-corrected chi connectivity index (χ4v) is 2.18. The molecule has 0 saturated heterocycles. The normalized spacial score (nSPS) is 17.5. The number of hydrogen-bond donors (Lipinski definition) is 0. The van der Waals surface area contributed by atoms with Crippen LogP contribution in [0, 0.1) is 9.49 Å². The Hall–Kier alpha value is 0.350. The second-order valence-corrected chi connectivity index (χ2v) is 5.49. The average molecular weight is 373 g/mol. The maximum Gasteiger partial charge on any atom is 0.160 e. The summed E-state index contributed by atoms with van der Waals surface area (Å²) in [7, 11) is 0. The summed E-state index contributed by atoms with van der Waals surface area (Å²) < 4.78 is 6.35. The van der Waals surface area contributed by atoms with E-state index >= 15 is 0 Å². The molecule has 1 saturated carbocycles. The number of rotatable bonds is 4. The van der Waals surface area contributed by atoms with Crippen molar-refractivity contribution < 1.29 is 4.74 Å². The Kier molecular flexibility index (Phi) is 4.26. The van der Waals surface area contributed by atoms with Crippen LogP contribution in [0.3, 0.4) is 0 Å². The lowest BCUT2D eigenvalue weighted by atomic mass is 10.2. The molecule has 16 heavy (non-hydrogen) atoms. The van der Waals surface area contributed by atoms with Gasteiger partial charge in [0.15, 0.2) is 5.82 Å². The van der Waals surface area contributed by atoms with Crippen LogP contribution in [0.2, 0.25) is 10.3 Å². The molecule has 0 radical (unpaired) electrons. The second kappa shape index (κ2) is 5.33. The number of ether oxygens (including phenoxy) is 1. The summed E-state index contributed by atoms with van der Waals surface area (Å²) in [6.07, 6.45) is 2.27. The van der Waals surface area contributed by atoms with Crippen LogP contribution in [-0.4, -0.2) is 16.6 Å². The van der Waals surface area contributed by atoms with Gasteiger partial charge in [-0.05, 0) is 48.3 Å². The number of halogens is 3. The largest absolute Gasteiger partial charge is 0.370 e. The maximum atomic E-state index is 5.99. The first-order valence-electron chi connectivity index (χ1n) is 5.13. The molecule has 1 heterocycles. The van der Waals surface area contributed by atoms with Crippen molar-refractivity contribution in [2.24, 2.45) is 5.92 Å². The lowest BCUT2D eigenvalue weighted by Gasteiger charge is -2.15. The maximum absolute atomic E-state index is 5.99. The van der Waals surface area contributed by atoms with Crippen LogP contribution in [0.15, 0.2) is 0 Å². The van der Waals surface area contributed by atoms with Gasteiger partial charge in [0, 0.05) is 6.61 Å². The zero-order chi connectivity index (χ0) is 11.7. The highest BCUT2D eigenvalue weighted by Gasteiger charge is 2.35. The van der Waals surface area contributed by atoms with E-state index in [0.29, 0.717) is 32.2 Å². The van der Waals surface area contributed by atoms with Gasteiger partial charge in [0.2, 0.25) is 0 Å². The number of aromatic nitrogens is 2. The van der Waals surface area contributed by atoms with Crippen LogP contribution in [0.4, 0.5) is 0 Å². The molecule has 88 valence electrons. The Morgan fingerprint density at radius 3 is 2.38 bits per heavy atom. The van der Waals surface area contributed by atoms with Crippen molar-refractivity contribution in [3.05, 3.63) is 19.7 Å². The lowest BCUT2D eigenvalue weighted by Crippen LogP contribution is -2.11. The molecule has 1 aliphatic rings. The minimum Gasteiger partial charge on any atom is -0.370 e. The Labute approximate surface area is 118 Å². The standard InChI is InChI=1S/C10H11Cl2IN2O/c1-2-16-7(5-3-4-5)10-14-8(11)6(13)9(12)15-10/h5,7H,2-4H2,1H3. The molecule has 6 heteroatoms. The van der Waals surface area contributed by atoms with Gasteiger partial charge in [0.05, 0.1) is 3.57 Å². The zero-order valence-corrected chi connectivity index (χ0v) is 12.4. The van der Waals surface area contributed by atoms with Gasteiger partial charge >= 0.3 is 0 Å². The van der Waals surface area contributed by atoms with E-state index < -0.39 is 0 Å². The number of hydrogen-bond acceptors (Lipinski definition) is 3. The smallest absolute Gasteiger partial charge is 0.160 e. The molecule has 2 rings (SSSR count). The van der Waals surface area contributed by atoms with E-state index in [-0.39, 0.29) is 6.10 Å². The van der Waals surface area contributed by atoms with Crippen molar-refractivity contribution in [3.8, 4) is 0 Å². The first-order valence-corrected chi connectivity index (χ1v) is 6.97. The second-order valence-electron chi connectivity index (χ2n) is 3.69. The van der Waals surface area contributed by atoms with E-state index in [1.807, 2.05) is 29.5 Å². The highest BCUT2D eigenvalue weighted by atomic mass is 127. The highest BCUT2D eigenvalue weighted by Crippen LogP contribution is 2.42. The minimum absolute atomic E-state index is 0.0583.